The molecule has 0 aliphatic rings. The van der Waals surface area contributed by atoms with Crippen molar-refractivity contribution in [3.8, 4) is 5.75 Å². The summed E-state index contributed by atoms with van der Waals surface area (Å²) in [6, 6.07) is 11.4. The van der Waals surface area contributed by atoms with Gasteiger partial charge in [0.15, 0.2) is 5.82 Å². The van der Waals surface area contributed by atoms with Crippen molar-refractivity contribution in [1.29, 1.82) is 0 Å². The topological polar surface area (TPSA) is 34.5 Å². The highest BCUT2D eigenvalue weighted by atomic mass is 19.1. The maximum Gasteiger partial charge on any atom is 0.151 e. The average molecular weight is 334 g/mol. The smallest absolute Gasteiger partial charge is 0.151 e. The quantitative estimate of drug-likeness (QED) is 0.642. The minimum atomic E-state index is -0.398. The van der Waals surface area contributed by atoms with Crippen LogP contribution in [0.3, 0.4) is 0 Å². The van der Waals surface area contributed by atoms with Gasteiger partial charge in [-0.15, -0.1) is 0 Å². The molecule has 126 valence electrons. The summed E-state index contributed by atoms with van der Waals surface area (Å²) in [5, 5.41) is 0.715. The van der Waals surface area contributed by atoms with E-state index in [9.17, 15) is 4.39 Å². The highest BCUT2D eigenvalue weighted by Gasteiger charge is 2.17. The molecule has 0 aliphatic carbocycles. The largest absolute Gasteiger partial charge is 0.496 e. The molecule has 0 fully saturated rings. The van der Waals surface area contributed by atoms with Crippen molar-refractivity contribution in [1.82, 2.24) is 4.98 Å². The molecule has 0 bridgehead atoms. The Kier molecular flexibility index (Phi) is 4.61. The normalized spacial score (nSPS) is 11.6. The van der Waals surface area contributed by atoms with Crippen molar-refractivity contribution >= 4 is 22.7 Å². The van der Waals surface area contributed by atoms with E-state index in [-0.39, 0.29) is 0 Å². The lowest BCUT2D eigenvalue weighted by molar-refractivity contribution is 0.412. The highest BCUT2D eigenvalue weighted by molar-refractivity contribution is 6.19. The first-order valence-corrected chi connectivity index (χ1v) is 7.92. The number of aryl methyl sites for hydroxylation is 1. The first-order valence-electron chi connectivity index (χ1n) is 7.92. The molecule has 0 N–H and O–H groups in total. The fourth-order valence-electron chi connectivity index (χ4n) is 2.93. The number of pyridine rings is 1. The van der Waals surface area contributed by atoms with E-state index in [2.05, 4.69) is 16.6 Å². The Bertz CT molecular complexity index is 975. The van der Waals surface area contributed by atoms with E-state index in [0.29, 0.717) is 22.2 Å². The lowest BCUT2D eigenvalue weighted by Gasteiger charge is -2.13. The van der Waals surface area contributed by atoms with Crippen LogP contribution >= 0.6 is 0 Å². The predicted molar refractivity (Wildman–Crippen MR) is 101 cm³/mol. The number of ether oxygens (including phenoxy) is 1. The number of nitrogens with zero attached hydrogens (tertiary/aromatic N) is 2. The molecule has 2 aromatic carbocycles. The van der Waals surface area contributed by atoms with Crippen LogP contribution in [0.1, 0.15) is 22.3 Å². The Morgan fingerprint density at radius 1 is 1.24 bits per heavy atom. The number of hydrogen-bond acceptors (Lipinski definition) is 3. The van der Waals surface area contributed by atoms with Gasteiger partial charge in [-0.3, -0.25) is 9.98 Å². The summed E-state index contributed by atoms with van der Waals surface area (Å²) in [7, 11) is 3.28. The molecule has 0 atom stereocenters. The van der Waals surface area contributed by atoms with Gasteiger partial charge in [0.05, 0.1) is 24.5 Å². The zero-order valence-corrected chi connectivity index (χ0v) is 14.5. The maximum absolute atomic E-state index is 14.7. The molecule has 4 heteroatoms. The van der Waals surface area contributed by atoms with Crippen molar-refractivity contribution in [3.05, 3.63) is 77.2 Å². The molecule has 0 spiro atoms. The summed E-state index contributed by atoms with van der Waals surface area (Å²) in [5.74, 6) is 0.327. The fraction of sp³-hybridized carbons (Fsp3) is 0.143. The molecule has 3 aromatic rings. The fourth-order valence-corrected chi connectivity index (χ4v) is 2.93. The lowest BCUT2D eigenvalue weighted by Crippen LogP contribution is -2.08. The molecule has 3 nitrogen and oxygen atoms in total. The van der Waals surface area contributed by atoms with Crippen LogP contribution < -0.4 is 4.74 Å². The Hall–Kier alpha value is -3.01. The monoisotopic (exact) mass is 334 g/mol. The summed E-state index contributed by atoms with van der Waals surface area (Å²) >= 11 is 0. The first-order chi connectivity index (χ1) is 12.1. The van der Waals surface area contributed by atoms with Crippen LogP contribution in [0.2, 0.25) is 0 Å². The summed E-state index contributed by atoms with van der Waals surface area (Å²) in [6.07, 6.45) is 3.00. The first kappa shape index (κ1) is 16.8. The zero-order valence-electron chi connectivity index (χ0n) is 14.5. The number of aromatic nitrogens is 1. The molecule has 3 rings (SSSR count). The van der Waals surface area contributed by atoms with Gasteiger partial charge in [-0.25, -0.2) is 4.39 Å². The van der Waals surface area contributed by atoms with Gasteiger partial charge in [-0.2, -0.15) is 0 Å². The Balaban J connectivity index is 2.26. The molecule has 25 heavy (non-hydrogen) atoms. The average Bonchev–Trinajstić information content (AvgIpc) is 2.64. The van der Waals surface area contributed by atoms with Gasteiger partial charge in [0.2, 0.25) is 0 Å². The van der Waals surface area contributed by atoms with Crippen LogP contribution in [-0.2, 0) is 0 Å². The van der Waals surface area contributed by atoms with Crippen molar-refractivity contribution in [2.45, 2.75) is 6.92 Å². The van der Waals surface area contributed by atoms with E-state index in [1.807, 2.05) is 43.3 Å². The number of methoxy groups -OCH3 is 1. The van der Waals surface area contributed by atoms with E-state index in [1.54, 1.807) is 20.2 Å². The number of benzene rings is 2. The second-order valence-corrected chi connectivity index (χ2v) is 5.72. The minimum absolute atomic E-state index is 0.398. The number of aliphatic imine (C=N–C) groups is 1. The van der Waals surface area contributed by atoms with E-state index in [4.69, 9.17) is 4.74 Å². The second kappa shape index (κ2) is 6.85. The molecule has 0 amide bonds. The zero-order chi connectivity index (χ0) is 18.0. The molecule has 0 unspecified atom stereocenters. The molecular weight excluding hydrogens is 315 g/mol. The van der Waals surface area contributed by atoms with E-state index >= 15 is 0 Å². The molecule has 1 heterocycles. The molecule has 0 radical (unpaired) electrons. The third-order valence-electron chi connectivity index (χ3n) is 4.22. The lowest BCUT2D eigenvalue weighted by atomic mass is 9.96. The number of fused-ring (bicyclic) bond motifs is 1. The third-order valence-corrected chi connectivity index (χ3v) is 4.22. The van der Waals surface area contributed by atoms with Crippen molar-refractivity contribution in [2.75, 3.05) is 14.2 Å². The maximum atomic E-state index is 14.7. The summed E-state index contributed by atoms with van der Waals surface area (Å²) in [6.45, 7) is 5.68. The summed E-state index contributed by atoms with van der Waals surface area (Å²) in [5.41, 5.74) is 4.46. The Morgan fingerprint density at radius 3 is 2.56 bits per heavy atom. The Morgan fingerprint density at radius 2 is 1.96 bits per heavy atom. The van der Waals surface area contributed by atoms with Gasteiger partial charge in [0, 0.05) is 29.6 Å². The number of halogens is 1. The molecule has 0 saturated carbocycles. The van der Waals surface area contributed by atoms with E-state index in [0.717, 1.165) is 22.4 Å². The molecule has 0 saturated heterocycles. The van der Waals surface area contributed by atoms with Crippen LogP contribution in [0.25, 0.3) is 17.0 Å². The van der Waals surface area contributed by atoms with Crippen molar-refractivity contribution in [3.63, 3.8) is 0 Å². The van der Waals surface area contributed by atoms with Gasteiger partial charge < -0.3 is 4.74 Å². The van der Waals surface area contributed by atoms with Crippen LogP contribution in [0, 0.1) is 12.7 Å². The van der Waals surface area contributed by atoms with Crippen LogP contribution in [0.15, 0.2) is 54.2 Å². The van der Waals surface area contributed by atoms with Gasteiger partial charge in [0.1, 0.15) is 5.75 Å². The van der Waals surface area contributed by atoms with Gasteiger partial charge in [-0.1, -0.05) is 36.9 Å². The van der Waals surface area contributed by atoms with Gasteiger partial charge in [-0.05, 0) is 24.1 Å². The van der Waals surface area contributed by atoms with Crippen LogP contribution in [0.4, 0.5) is 4.39 Å². The summed E-state index contributed by atoms with van der Waals surface area (Å²) in [4.78, 5) is 8.56. The van der Waals surface area contributed by atoms with E-state index < -0.39 is 5.82 Å². The number of hydrogen-bond donors (Lipinski definition) is 0. The van der Waals surface area contributed by atoms with Crippen LogP contribution in [0.5, 0.6) is 5.75 Å². The van der Waals surface area contributed by atoms with Gasteiger partial charge in [0.25, 0.3) is 0 Å². The highest BCUT2D eigenvalue weighted by Crippen LogP contribution is 2.29. The van der Waals surface area contributed by atoms with Gasteiger partial charge >= 0.3 is 0 Å². The summed E-state index contributed by atoms with van der Waals surface area (Å²) < 4.78 is 20.1. The SMILES string of the molecule is C=Cc1ccc(/C(=N/C)c2c(F)cnc3cc(OC)c(C)cc23)cc1. The molecular formula is C21H19FN2O. The minimum Gasteiger partial charge on any atom is -0.496 e. The molecule has 0 aliphatic heterocycles. The van der Waals surface area contributed by atoms with Crippen LogP contribution in [-0.4, -0.2) is 24.9 Å². The van der Waals surface area contributed by atoms with Crippen molar-refractivity contribution < 1.29 is 9.13 Å². The second-order valence-electron chi connectivity index (χ2n) is 5.72. The third kappa shape index (κ3) is 3.03. The number of rotatable bonds is 4. The standard InChI is InChI=1S/C21H19FN2O/c1-5-14-6-8-15(9-7-14)21(23-3)20-16-10-13(2)19(25-4)11-18(16)24-12-17(20)22/h5-12H,1H2,2-4H3/b23-21-. The Labute approximate surface area is 146 Å². The predicted octanol–water partition coefficient (Wildman–Crippen LogP) is 4.80. The van der Waals surface area contributed by atoms with Crippen molar-refractivity contribution in [2.24, 2.45) is 4.99 Å². The molecule has 1 aromatic heterocycles. The van der Waals surface area contributed by atoms with E-state index in [1.165, 1.54) is 6.20 Å².